The van der Waals surface area contributed by atoms with Gasteiger partial charge in [0.25, 0.3) is 0 Å². The van der Waals surface area contributed by atoms with Gasteiger partial charge in [0.1, 0.15) is 6.04 Å². The zero-order chi connectivity index (χ0) is 17.5. The SMILES string of the molecule is Cc1ccc(C(=O)CCC(=O)NC(Cc2cnc[nH]2)C(=O)O)cc1. The van der Waals surface area contributed by atoms with Gasteiger partial charge in [-0.3, -0.25) is 9.59 Å². The molecular weight excluding hydrogens is 310 g/mol. The fraction of sp³-hybridized carbons (Fsp3) is 0.294. The van der Waals surface area contributed by atoms with Crippen molar-refractivity contribution in [3.8, 4) is 0 Å². The second kappa shape index (κ2) is 8.05. The van der Waals surface area contributed by atoms with E-state index >= 15 is 0 Å². The summed E-state index contributed by atoms with van der Waals surface area (Å²) in [4.78, 5) is 41.8. The molecule has 2 aromatic rings. The summed E-state index contributed by atoms with van der Waals surface area (Å²) in [5, 5.41) is 11.6. The number of rotatable bonds is 8. The molecular formula is C17H19N3O4. The number of hydrogen-bond donors (Lipinski definition) is 3. The van der Waals surface area contributed by atoms with E-state index in [1.807, 2.05) is 19.1 Å². The predicted molar refractivity (Wildman–Crippen MR) is 86.6 cm³/mol. The number of hydrogen-bond acceptors (Lipinski definition) is 4. The van der Waals surface area contributed by atoms with Gasteiger partial charge in [-0.1, -0.05) is 29.8 Å². The maximum absolute atomic E-state index is 12.0. The number of H-pyrrole nitrogens is 1. The van der Waals surface area contributed by atoms with Crippen LogP contribution in [-0.2, 0) is 16.0 Å². The Kier molecular flexibility index (Phi) is 5.83. The summed E-state index contributed by atoms with van der Waals surface area (Å²) in [7, 11) is 0. The molecule has 0 saturated carbocycles. The van der Waals surface area contributed by atoms with Crippen LogP contribution in [0.15, 0.2) is 36.8 Å². The molecule has 1 heterocycles. The molecule has 0 bridgehead atoms. The van der Waals surface area contributed by atoms with Crippen LogP contribution in [0.2, 0.25) is 0 Å². The van der Waals surface area contributed by atoms with Crippen LogP contribution in [0.3, 0.4) is 0 Å². The maximum Gasteiger partial charge on any atom is 0.326 e. The standard InChI is InChI=1S/C17H19N3O4/c1-11-2-4-12(5-3-11)15(21)6-7-16(22)20-14(17(23)24)8-13-9-18-10-19-13/h2-5,9-10,14H,6-8H2,1H3,(H,18,19)(H,20,22)(H,23,24). The van der Waals surface area contributed by atoms with Crippen molar-refractivity contribution in [2.45, 2.75) is 32.2 Å². The molecule has 0 saturated heterocycles. The summed E-state index contributed by atoms with van der Waals surface area (Å²) >= 11 is 0. The molecule has 3 N–H and O–H groups in total. The number of carboxylic acids is 1. The summed E-state index contributed by atoms with van der Waals surface area (Å²) in [6.45, 7) is 1.92. The van der Waals surface area contributed by atoms with E-state index in [-0.39, 0.29) is 25.0 Å². The second-order valence-electron chi connectivity index (χ2n) is 5.53. The van der Waals surface area contributed by atoms with Crippen LogP contribution in [0.1, 0.15) is 34.5 Å². The van der Waals surface area contributed by atoms with E-state index in [2.05, 4.69) is 15.3 Å². The number of carbonyl (C=O) groups excluding carboxylic acids is 2. The number of aromatic amines is 1. The van der Waals surface area contributed by atoms with Crippen molar-refractivity contribution in [1.29, 1.82) is 0 Å². The van der Waals surface area contributed by atoms with Crippen molar-refractivity contribution < 1.29 is 19.5 Å². The van der Waals surface area contributed by atoms with E-state index in [4.69, 9.17) is 0 Å². The molecule has 126 valence electrons. The topological polar surface area (TPSA) is 112 Å². The lowest BCUT2D eigenvalue weighted by molar-refractivity contribution is -0.141. The van der Waals surface area contributed by atoms with Gasteiger partial charge in [0.15, 0.2) is 5.78 Å². The van der Waals surface area contributed by atoms with Gasteiger partial charge in [-0.2, -0.15) is 0 Å². The normalized spacial score (nSPS) is 11.7. The zero-order valence-electron chi connectivity index (χ0n) is 13.3. The van der Waals surface area contributed by atoms with Crippen LogP contribution in [0.4, 0.5) is 0 Å². The summed E-state index contributed by atoms with van der Waals surface area (Å²) in [6, 6.07) is 6.03. The number of aryl methyl sites for hydroxylation is 1. The minimum absolute atomic E-state index is 0.0330. The molecule has 1 atom stereocenters. The monoisotopic (exact) mass is 329 g/mol. The molecule has 0 aliphatic carbocycles. The summed E-state index contributed by atoms with van der Waals surface area (Å²) in [5.74, 6) is -1.75. The summed E-state index contributed by atoms with van der Waals surface area (Å²) in [5.41, 5.74) is 2.20. The lowest BCUT2D eigenvalue weighted by atomic mass is 10.0. The second-order valence-corrected chi connectivity index (χ2v) is 5.53. The molecule has 1 aromatic carbocycles. The number of amides is 1. The van der Waals surface area contributed by atoms with Gasteiger partial charge >= 0.3 is 5.97 Å². The smallest absolute Gasteiger partial charge is 0.326 e. The van der Waals surface area contributed by atoms with Crippen molar-refractivity contribution in [2.24, 2.45) is 0 Å². The Morgan fingerprint density at radius 3 is 2.50 bits per heavy atom. The number of carboxylic acid groups (broad SMARTS) is 1. The van der Waals surface area contributed by atoms with Crippen molar-refractivity contribution in [3.05, 3.63) is 53.6 Å². The fourth-order valence-electron chi connectivity index (χ4n) is 2.19. The third-order valence-electron chi connectivity index (χ3n) is 3.56. The third kappa shape index (κ3) is 5.05. The van der Waals surface area contributed by atoms with Crippen molar-refractivity contribution >= 4 is 17.7 Å². The van der Waals surface area contributed by atoms with Gasteiger partial charge in [-0.15, -0.1) is 0 Å². The zero-order valence-corrected chi connectivity index (χ0v) is 13.3. The molecule has 0 spiro atoms. The number of carbonyl (C=O) groups is 3. The summed E-state index contributed by atoms with van der Waals surface area (Å²) < 4.78 is 0. The molecule has 1 unspecified atom stereocenters. The van der Waals surface area contributed by atoms with E-state index in [0.717, 1.165) is 5.56 Å². The van der Waals surface area contributed by atoms with Gasteiger partial charge in [0.2, 0.25) is 5.91 Å². The van der Waals surface area contributed by atoms with Crippen LogP contribution in [-0.4, -0.2) is 38.8 Å². The molecule has 7 nitrogen and oxygen atoms in total. The Bertz CT molecular complexity index is 708. The van der Waals surface area contributed by atoms with E-state index in [9.17, 15) is 19.5 Å². The first-order valence-electron chi connectivity index (χ1n) is 7.55. The number of nitrogens with one attached hydrogen (secondary N) is 2. The number of imidazole rings is 1. The Morgan fingerprint density at radius 1 is 1.21 bits per heavy atom. The predicted octanol–water partition coefficient (Wildman–Crippen LogP) is 1.49. The Labute approximate surface area is 139 Å². The molecule has 24 heavy (non-hydrogen) atoms. The largest absolute Gasteiger partial charge is 0.480 e. The van der Waals surface area contributed by atoms with Gasteiger partial charge in [0.05, 0.1) is 6.33 Å². The van der Waals surface area contributed by atoms with Gasteiger partial charge in [0, 0.05) is 36.7 Å². The van der Waals surface area contributed by atoms with E-state index in [1.54, 1.807) is 12.1 Å². The average molecular weight is 329 g/mol. The molecule has 0 aliphatic heterocycles. The highest BCUT2D eigenvalue weighted by atomic mass is 16.4. The van der Waals surface area contributed by atoms with E-state index < -0.39 is 17.9 Å². The molecule has 0 aliphatic rings. The molecule has 1 amide bonds. The molecule has 1 aromatic heterocycles. The minimum Gasteiger partial charge on any atom is -0.480 e. The lowest BCUT2D eigenvalue weighted by Crippen LogP contribution is -2.42. The number of nitrogens with zero attached hydrogens (tertiary/aromatic N) is 1. The number of Topliss-reactive ketones (excluding diaryl/α,β-unsaturated/α-hetero) is 1. The lowest BCUT2D eigenvalue weighted by Gasteiger charge is -2.13. The highest BCUT2D eigenvalue weighted by molar-refractivity contribution is 5.98. The van der Waals surface area contributed by atoms with Crippen molar-refractivity contribution in [2.75, 3.05) is 0 Å². The quantitative estimate of drug-likeness (QED) is 0.635. The van der Waals surface area contributed by atoms with E-state index in [1.165, 1.54) is 12.5 Å². The Balaban J connectivity index is 1.85. The number of aliphatic carboxylic acids is 1. The van der Waals surface area contributed by atoms with Crippen molar-refractivity contribution in [1.82, 2.24) is 15.3 Å². The van der Waals surface area contributed by atoms with Crippen LogP contribution in [0.25, 0.3) is 0 Å². The van der Waals surface area contributed by atoms with Crippen LogP contribution in [0.5, 0.6) is 0 Å². The minimum atomic E-state index is -1.14. The van der Waals surface area contributed by atoms with Crippen LogP contribution < -0.4 is 5.32 Å². The van der Waals surface area contributed by atoms with Gasteiger partial charge in [-0.25, -0.2) is 9.78 Å². The maximum atomic E-state index is 12.0. The highest BCUT2D eigenvalue weighted by Crippen LogP contribution is 2.08. The fourth-order valence-corrected chi connectivity index (χ4v) is 2.19. The van der Waals surface area contributed by atoms with Gasteiger partial charge in [-0.05, 0) is 6.92 Å². The number of ketones is 1. The van der Waals surface area contributed by atoms with Crippen molar-refractivity contribution in [3.63, 3.8) is 0 Å². The number of aromatic nitrogens is 2. The Morgan fingerprint density at radius 2 is 1.92 bits per heavy atom. The van der Waals surface area contributed by atoms with Crippen LogP contribution in [0, 0.1) is 6.92 Å². The average Bonchev–Trinajstić information content (AvgIpc) is 3.05. The van der Waals surface area contributed by atoms with Gasteiger partial charge < -0.3 is 15.4 Å². The van der Waals surface area contributed by atoms with E-state index in [0.29, 0.717) is 11.3 Å². The van der Waals surface area contributed by atoms with Crippen LogP contribution >= 0.6 is 0 Å². The molecule has 0 fully saturated rings. The first-order valence-corrected chi connectivity index (χ1v) is 7.55. The molecule has 7 heteroatoms. The molecule has 0 radical (unpaired) electrons. The number of benzene rings is 1. The first kappa shape index (κ1) is 17.4. The first-order chi connectivity index (χ1) is 11.5. The summed E-state index contributed by atoms with van der Waals surface area (Å²) in [6.07, 6.45) is 3.02. The Hall–Kier alpha value is -2.96. The highest BCUT2D eigenvalue weighted by Gasteiger charge is 2.21. The molecule has 2 rings (SSSR count). The third-order valence-corrected chi connectivity index (χ3v) is 3.56.